The predicted molar refractivity (Wildman–Crippen MR) is 111 cm³/mol. The molecule has 2 aromatic carbocycles. The molecule has 0 unspecified atom stereocenters. The molecule has 4 aromatic rings. The number of nitrogens with zero attached hydrogens (tertiary/aromatic N) is 5. The minimum atomic E-state index is 0.563. The van der Waals surface area contributed by atoms with Crippen molar-refractivity contribution < 1.29 is 5.21 Å². The third-order valence-corrected chi connectivity index (χ3v) is 5.06. The Morgan fingerprint density at radius 2 is 2.04 bits per heavy atom. The van der Waals surface area contributed by atoms with Crippen molar-refractivity contribution in [2.45, 2.75) is 26.8 Å². The molecule has 2 heterocycles. The van der Waals surface area contributed by atoms with Crippen LogP contribution in [-0.2, 0) is 13.0 Å². The molecule has 0 aliphatic heterocycles. The van der Waals surface area contributed by atoms with Crippen molar-refractivity contribution in [2.24, 2.45) is 5.16 Å². The van der Waals surface area contributed by atoms with Gasteiger partial charge in [-0.2, -0.15) is 5.10 Å². The van der Waals surface area contributed by atoms with Gasteiger partial charge in [0, 0.05) is 29.7 Å². The van der Waals surface area contributed by atoms with Gasteiger partial charge < -0.3 is 9.77 Å². The van der Waals surface area contributed by atoms with Crippen LogP contribution in [0.1, 0.15) is 30.9 Å². The van der Waals surface area contributed by atoms with E-state index in [4.69, 9.17) is 21.8 Å². The van der Waals surface area contributed by atoms with Gasteiger partial charge in [0.25, 0.3) is 0 Å². The Balaban J connectivity index is 1.76. The number of imidazole rings is 1. The molecule has 0 aliphatic carbocycles. The summed E-state index contributed by atoms with van der Waals surface area (Å²) in [4.78, 5) is 4.85. The van der Waals surface area contributed by atoms with Crippen molar-refractivity contribution in [3.8, 4) is 5.69 Å². The zero-order chi connectivity index (χ0) is 19.7. The van der Waals surface area contributed by atoms with E-state index < -0.39 is 0 Å². The molecule has 0 fully saturated rings. The first-order valence-electron chi connectivity index (χ1n) is 9.07. The second-order valence-corrected chi connectivity index (χ2v) is 6.99. The van der Waals surface area contributed by atoms with Gasteiger partial charge in [0.1, 0.15) is 5.82 Å². The van der Waals surface area contributed by atoms with E-state index in [0.717, 1.165) is 40.3 Å². The Morgan fingerprint density at radius 3 is 2.79 bits per heavy atom. The summed E-state index contributed by atoms with van der Waals surface area (Å²) in [6.45, 7) is 4.68. The molecule has 0 saturated carbocycles. The minimum absolute atomic E-state index is 0.563. The standard InChI is InChI=1S/C21H20ClN5O/c1-3-26-20-8-7-15(14(2)25-28)11-19(20)24-21(26)13-18-9-10-23-27(18)17-6-4-5-16(22)12-17/h4-12,28H,3,13H2,1-2H3. The van der Waals surface area contributed by atoms with Crippen LogP contribution in [0.15, 0.2) is 59.9 Å². The van der Waals surface area contributed by atoms with Crippen LogP contribution in [0.5, 0.6) is 0 Å². The predicted octanol–water partition coefficient (Wildman–Crippen LogP) is 4.68. The smallest absolute Gasteiger partial charge is 0.115 e. The zero-order valence-corrected chi connectivity index (χ0v) is 16.4. The topological polar surface area (TPSA) is 68.2 Å². The fraction of sp³-hybridized carbons (Fsp3) is 0.190. The Kier molecular flexibility index (Phi) is 4.88. The van der Waals surface area contributed by atoms with Crippen molar-refractivity contribution in [1.29, 1.82) is 0 Å². The monoisotopic (exact) mass is 393 g/mol. The fourth-order valence-corrected chi connectivity index (χ4v) is 3.60. The maximum absolute atomic E-state index is 9.04. The third kappa shape index (κ3) is 3.27. The number of halogens is 1. The van der Waals surface area contributed by atoms with E-state index in [2.05, 4.69) is 21.7 Å². The maximum atomic E-state index is 9.04. The van der Waals surface area contributed by atoms with E-state index >= 15 is 0 Å². The largest absolute Gasteiger partial charge is 0.411 e. The van der Waals surface area contributed by atoms with Gasteiger partial charge in [0.2, 0.25) is 0 Å². The highest BCUT2D eigenvalue weighted by Crippen LogP contribution is 2.22. The Bertz CT molecular complexity index is 1170. The highest BCUT2D eigenvalue weighted by molar-refractivity contribution is 6.30. The summed E-state index contributed by atoms with van der Waals surface area (Å²) in [5.41, 5.74) is 5.30. The quantitative estimate of drug-likeness (QED) is 0.304. The molecule has 0 aliphatic rings. The second-order valence-electron chi connectivity index (χ2n) is 6.55. The van der Waals surface area contributed by atoms with E-state index in [1.54, 1.807) is 13.1 Å². The van der Waals surface area contributed by atoms with Crippen molar-refractivity contribution in [2.75, 3.05) is 0 Å². The van der Waals surface area contributed by atoms with Gasteiger partial charge in [-0.05, 0) is 50.2 Å². The molecule has 1 N–H and O–H groups in total. The molecule has 28 heavy (non-hydrogen) atoms. The zero-order valence-electron chi connectivity index (χ0n) is 15.7. The molecule has 4 rings (SSSR count). The van der Waals surface area contributed by atoms with Crippen molar-refractivity contribution >= 4 is 28.3 Å². The summed E-state index contributed by atoms with van der Waals surface area (Å²) in [6.07, 6.45) is 2.42. The van der Waals surface area contributed by atoms with Gasteiger partial charge in [0.05, 0.1) is 28.1 Å². The van der Waals surface area contributed by atoms with Crippen LogP contribution in [0.25, 0.3) is 16.7 Å². The molecule has 142 valence electrons. The summed E-state index contributed by atoms with van der Waals surface area (Å²) in [6, 6.07) is 15.6. The van der Waals surface area contributed by atoms with Gasteiger partial charge in [-0.3, -0.25) is 0 Å². The van der Waals surface area contributed by atoms with Crippen molar-refractivity contribution in [3.05, 3.63) is 76.8 Å². The Hall–Kier alpha value is -3.12. The molecule has 0 radical (unpaired) electrons. The van der Waals surface area contributed by atoms with E-state index in [0.29, 0.717) is 17.2 Å². The van der Waals surface area contributed by atoms with E-state index in [1.807, 2.05) is 53.2 Å². The van der Waals surface area contributed by atoms with Crippen LogP contribution in [0.4, 0.5) is 0 Å². The van der Waals surface area contributed by atoms with Crippen LogP contribution in [0.2, 0.25) is 5.02 Å². The van der Waals surface area contributed by atoms with E-state index in [1.165, 1.54) is 0 Å². The van der Waals surface area contributed by atoms with Crippen LogP contribution in [-0.4, -0.2) is 30.3 Å². The highest BCUT2D eigenvalue weighted by Gasteiger charge is 2.14. The molecule has 0 saturated heterocycles. The van der Waals surface area contributed by atoms with Crippen LogP contribution in [0.3, 0.4) is 0 Å². The third-order valence-electron chi connectivity index (χ3n) is 4.82. The molecular formula is C21H20ClN5O. The summed E-state index contributed by atoms with van der Waals surface area (Å²) in [5.74, 6) is 0.956. The summed E-state index contributed by atoms with van der Waals surface area (Å²) in [5, 5.41) is 17.5. The molecule has 0 amide bonds. The summed E-state index contributed by atoms with van der Waals surface area (Å²) in [7, 11) is 0. The number of rotatable bonds is 5. The first-order chi connectivity index (χ1) is 13.6. The van der Waals surface area contributed by atoms with Gasteiger partial charge in [-0.25, -0.2) is 9.67 Å². The second kappa shape index (κ2) is 7.48. The lowest BCUT2D eigenvalue weighted by molar-refractivity contribution is 0.319. The molecule has 2 aromatic heterocycles. The summed E-state index contributed by atoms with van der Waals surface area (Å²) >= 11 is 6.14. The van der Waals surface area contributed by atoms with Crippen molar-refractivity contribution in [1.82, 2.24) is 19.3 Å². The molecular weight excluding hydrogens is 374 g/mol. The Labute approximate surface area is 167 Å². The van der Waals surface area contributed by atoms with Crippen LogP contribution < -0.4 is 0 Å². The van der Waals surface area contributed by atoms with Gasteiger partial charge >= 0.3 is 0 Å². The average molecular weight is 394 g/mol. The highest BCUT2D eigenvalue weighted by atomic mass is 35.5. The molecule has 6 nitrogen and oxygen atoms in total. The summed E-state index contributed by atoms with van der Waals surface area (Å²) < 4.78 is 4.08. The number of hydrogen-bond donors (Lipinski definition) is 1. The van der Waals surface area contributed by atoms with Gasteiger partial charge in [0.15, 0.2) is 0 Å². The fourth-order valence-electron chi connectivity index (χ4n) is 3.42. The van der Waals surface area contributed by atoms with E-state index in [9.17, 15) is 0 Å². The number of benzene rings is 2. The number of oxime groups is 1. The van der Waals surface area contributed by atoms with Crippen LogP contribution in [0, 0.1) is 0 Å². The Morgan fingerprint density at radius 1 is 1.18 bits per heavy atom. The SMILES string of the molecule is CCn1c(Cc2ccnn2-c2cccc(Cl)c2)nc2cc(C(C)=NO)ccc21. The minimum Gasteiger partial charge on any atom is -0.411 e. The number of fused-ring (bicyclic) bond motifs is 1. The molecule has 7 heteroatoms. The van der Waals surface area contributed by atoms with Crippen molar-refractivity contribution in [3.63, 3.8) is 0 Å². The average Bonchev–Trinajstić information content (AvgIpc) is 3.30. The first-order valence-corrected chi connectivity index (χ1v) is 9.45. The van der Waals surface area contributed by atoms with Gasteiger partial charge in [-0.15, -0.1) is 0 Å². The van der Waals surface area contributed by atoms with E-state index in [-0.39, 0.29) is 0 Å². The molecule has 0 spiro atoms. The van der Waals surface area contributed by atoms with Crippen LogP contribution >= 0.6 is 11.6 Å². The maximum Gasteiger partial charge on any atom is 0.115 e. The van der Waals surface area contributed by atoms with Gasteiger partial charge in [-0.1, -0.05) is 28.9 Å². The molecule has 0 bridgehead atoms. The first kappa shape index (κ1) is 18.3. The lowest BCUT2D eigenvalue weighted by Gasteiger charge is -2.09. The number of aryl methyl sites for hydroxylation is 1. The normalized spacial score (nSPS) is 12.0. The number of aromatic nitrogens is 4. The lowest BCUT2D eigenvalue weighted by Crippen LogP contribution is -2.07. The lowest BCUT2D eigenvalue weighted by atomic mass is 10.1. The molecule has 0 atom stereocenters. The number of hydrogen-bond acceptors (Lipinski definition) is 4.